The molecular formula is C20H24N4O5S2. The number of nitrogens with one attached hydrogen (secondary N) is 1. The van der Waals surface area contributed by atoms with Crippen LogP contribution >= 0.6 is 11.5 Å². The highest BCUT2D eigenvalue weighted by molar-refractivity contribution is 7.89. The highest BCUT2D eigenvalue weighted by Gasteiger charge is 2.24. The largest absolute Gasteiger partial charge is 0.461 e. The number of ether oxygens (including phenoxy) is 1. The van der Waals surface area contributed by atoms with Gasteiger partial charge in [0, 0.05) is 30.7 Å². The molecule has 11 heteroatoms. The molecule has 1 aliphatic rings. The van der Waals surface area contributed by atoms with Crippen LogP contribution in [0.5, 0.6) is 0 Å². The summed E-state index contributed by atoms with van der Waals surface area (Å²) in [5.41, 5.74) is 0.620. The van der Waals surface area contributed by atoms with Gasteiger partial charge in [0.1, 0.15) is 0 Å². The molecule has 0 spiro atoms. The van der Waals surface area contributed by atoms with Gasteiger partial charge in [-0.15, -0.1) is 5.10 Å². The normalized spacial score (nSPS) is 15.5. The zero-order chi connectivity index (χ0) is 22.3. The molecule has 166 valence electrons. The van der Waals surface area contributed by atoms with Crippen LogP contribution in [0.2, 0.25) is 0 Å². The molecule has 0 atom stereocenters. The zero-order valence-corrected chi connectivity index (χ0v) is 18.7. The molecule has 0 radical (unpaired) electrons. The summed E-state index contributed by atoms with van der Waals surface area (Å²) in [6.45, 7) is 2.95. The van der Waals surface area contributed by atoms with E-state index >= 15 is 0 Å². The van der Waals surface area contributed by atoms with Gasteiger partial charge >= 0.3 is 5.97 Å². The van der Waals surface area contributed by atoms with E-state index in [0.717, 1.165) is 37.2 Å². The molecule has 0 aliphatic carbocycles. The van der Waals surface area contributed by atoms with Gasteiger partial charge in [-0.3, -0.25) is 4.79 Å². The van der Waals surface area contributed by atoms with Gasteiger partial charge < -0.3 is 10.1 Å². The van der Waals surface area contributed by atoms with Gasteiger partial charge in [0.2, 0.25) is 21.6 Å². The van der Waals surface area contributed by atoms with Crippen molar-refractivity contribution in [1.82, 2.24) is 13.9 Å². The van der Waals surface area contributed by atoms with Gasteiger partial charge in [0.15, 0.2) is 5.00 Å². The lowest BCUT2D eigenvalue weighted by atomic mass is 10.2. The van der Waals surface area contributed by atoms with Crippen LogP contribution in [0.3, 0.4) is 0 Å². The van der Waals surface area contributed by atoms with Crippen LogP contribution in [0.15, 0.2) is 35.2 Å². The monoisotopic (exact) mass is 464 g/mol. The molecule has 1 N–H and O–H groups in total. The van der Waals surface area contributed by atoms with Crippen LogP contribution in [-0.4, -0.2) is 53.9 Å². The maximum Gasteiger partial charge on any atom is 0.362 e. The number of carbonyl (C=O) groups excluding carboxylic acids is 2. The van der Waals surface area contributed by atoms with Gasteiger partial charge in [0.25, 0.3) is 0 Å². The van der Waals surface area contributed by atoms with Crippen molar-refractivity contribution in [3.05, 3.63) is 41.6 Å². The van der Waals surface area contributed by atoms with Gasteiger partial charge in [-0.25, -0.2) is 13.2 Å². The summed E-state index contributed by atoms with van der Waals surface area (Å²) in [6, 6.07) is 6.38. The molecule has 9 nitrogen and oxygen atoms in total. The minimum Gasteiger partial charge on any atom is -0.461 e. The molecule has 0 bridgehead atoms. The van der Waals surface area contributed by atoms with Crippen molar-refractivity contribution < 1.29 is 22.7 Å². The quantitative estimate of drug-likeness (QED) is 0.494. The van der Waals surface area contributed by atoms with Crippen LogP contribution in [-0.2, 0) is 19.6 Å². The van der Waals surface area contributed by atoms with E-state index in [1.807, 2.05) is 0 Å². The molecular weight excluding hydrogens is 440 g/mol. The highest BCUT2D eigenvalue weighted by Crippen LogP contribution is 2.21. The Morgan fingerprint density at radius 3 is 2.48 bits per heavy atom. The minimum absolute atomic E-state index is 0.0447. The number of aromatic nitrogens is 2. The Hall–Kier alpha value is -2.63. The van der Waals surface area contributed by atoms with E-state index in [1.54, 1.807) is 41.6 Å². The maximum absolute atomic E-state index is 12.8. The molecule has 1 aliphatic heterocycles. The first-order valence-electron chi connectivity index (χ1n) is 10.0. The number of amides is 1. The molecule has 1 saturated heterocycles. The van der Waals surface area contributed by atoms with E-state index in [1.165, 1.54) is 6.08 Å². The summed E-state index contributed by atoms with van der Waals surface area (Å²) in [7, 11) is -3.51. The van der Waals surface area contributed by atoms with Crippen LogP contribution in [0, 0.1) is 0 Å². The van der Waals surface area contributed by atoms with Crippen LogP contribution in [0.1, 0.15) is 48.7 Å². The summed E-state index contributed by atoms with van der Waals surface area (Å²) in [5.74, 6) is -1.13. The fraction of sp³-hybridized carbons (Fsp3) is 0.400. The van der Waals surface area contributed by atoms with E-state index in [4.69, 9.17) is 4.74 Å². The number of nitrogens with zero attached hydrogens (tertiary/aromatic N) is 3. The Morgan fingerprint density at radius 1 is 1.16 bits per heavy atom. The van der Waals surface area contributed by atoms with E-state index in [9.17, 15) is 18.0 Å². The van der Waals surface area contributed by atoms with Crippen molar-refractivity contribution in [2.75, 3.05) is 25.0 Å². The smallest absolute Gasteiger partial charge is 0.362 e. The second kappa shape index (κ2) is 10.6. The average Bonchev–Trinajstić information content (AvgIpc) is 3.03. The second-order valence-electron chi connectivity index (χ2n) is 6.88. The first-order valence-corrected chi connectivity index (χ1v) is 12.2. The van der Waals surface area contributed by atoms with Gasteiger partial charge in [-0.2, -0.15) is 4.31 Å². The van der Waals surface area contributed by atoms with Gasteiger partial charge in [-0.05, 0) is 43.5 Å². The molecule has 1 fully saturated rings. The first kappa shape index (κ1) is 23.0. The van der Waals surface area contributed by atoms with E-state index in [-0.39, 0.29) is 22.2 Å². The number of sulfonamides is 1. The van der Waals surface area contributed by atoms with E-state index < -0.39 is 21.9 Å². The predicted molar refractivity (Wildman–Crippen MR) is 117 cm³/mol. The number of benzene rings is 1. The first-order chi connectivity index (χ1) is 14.9. The third-order valence-corrected chi connectivity index (χ3v) is 7.26. The number of rotatable bonds is 7. The van der Waals surface area contributed by atoms with Crippen molar-refractivity contribution in [2.45, 2.75) is 37.5 Å². The second-order valence-corrected chi connectivity index (χ2v) is 9.57. The average molecular weight is 465 g/mol. The minimum atomic E-state index is -3.51. The fourth-order valence-corrected chi connectivity index (χ4v) is 5.19. The van der Waals surface area contributed by atoms with Crippen LogP contribution in [0.25, 0.3) is 6.08 Å². The Labute approximate surface area is 185 Å². The number of esters is 1. The highest BCUT2D eigenvalue weighted by atomic mass is 32.2. The maximum atomic E-state index is 12.8. The Morgan fingerprint density at radius 2 is 1.84 bits per heavy atom. The molecule has 2 aromatic rings. The third-order valence-electron chi connectivity index (χ3n) is 4.70. The molecule has 0 saturated carbocycles. The van der Waals surface area contributed by atoms with Crippen LogP contribution < -0.4 is 5.32 Å². The van der Waals surface area contributed by atoms with Crippen molar-refractivity contribution in [2.24, 2.45) is 0 Å². The SMILES string of the molecule is CCOC(=O)c1nnsc1NC(=O)/C=C/c1ccc(S(=O)(=O)N2CCCCCC2)cc1. The van der Waals surface area contributed by atoms with E-state index in [2.05, 4.69) is 14.9 Å². The lowest BCUT2D eigenvalue weighted by Gasteiger charge is -2.19. The number of anilines is 1. The summed E-state index contributed by atoms with van der Waals surface area (Å²) in [6.07, 6.45) is 6.70. The van der Waals surface area contributed by atoms with Gasteiger partial charge in [0.05, 0.1) is 11.5 Å². The van der Waals surface area contributed by atoms with Crippen molar-refractivity contribution in [3.63, 3.8) is 0 Å². The molecule has 1 amide bonds. The lowest BCUT2D eigenvalue weighted by Crippen LogP contribution is -2.31. The number of carbonyl (C=O) groups is 2. The number of hydrogen-bond donors (Lipinski definition) is 1. The third kappa shape index (κ3) is 5.96. The Bertz CT molecular complexity index is 1040. The predicted octanol–water partition coefficient (Wildman–Crippen LogP) is 2.93. The standard InChI is InChI=1S/C20H24N4O5S2/c1-2-29-20(26)18-19(30-23-22-18)21-17(25)12-9-15-7-10-16(11-8-15)31(27,28)24-13-5-3-4-6-14-24/h7-12H,2-6,13-14H2,1H3,(H,21,25)/b12-9+. The lowest BCUT2D eigenvalue weighted by molar-refractivity contribution is -0.111. The van der Waals surface area contributed by atoms with Crippen molar-refractivity contribution >= 4 is 44.5 Å². The molecule has 31 heavy (non-hydrogen) atoms. The van der Waals surface area contributed by atoms with Crippen molar-refractivity contribution in [3.8, 4) is 0 Å². The topological polar surface area (TPSA) is 119 Å². The molecule has 3 rings (SSSR count). The fourth-order valence-electron chi connectivity index (χ4n) is 3.11. The van der Waals surface area contributed by atoms with Gasteiger partial charge in [-0.1, -0.05) is 29.5 Å². The number of hydrogen-bond acceptors (Lipinski definition) is 8. The molecule has 2 heterocycles. The van der Waals surface area contributed by atoms with Crippen molar-refractivity contribution in [1.29, 1.82) is 0 Å². The summed E-state index contributed by atoms with van der Waals surface area (Å²) in [5, 5.41) is 6.43. The summed E-state index contributed by atoms with van der Waals surface area (Å²) >= 11 is 0.874. The summed E-state index contributed by atoms with van der Waals surface area (Å²) in [4.78, 5) is 24.2. The summed E-state index contributed by atoms with van der Waals surface area (Å²) < 4.78 is 35.7. The van der Waals surface area contributed by atoms with E-state index in [0.29, 0.717) is 18.7 Å². The Balaban J connectivity index is 1.64. The van der Waals surface area contributed by atoms with Crippen LogP contribution in [0.4, 0.5) is 5.00 Å². The molecule has 0 unspecified atom stereocenters. The molecule has 1 aromatic carbocycles. The zero-order valence-electron chi connectivity index (χ0n) is 17.1. The Kier molecular flexibility index (Phi) is 7.88. The molecule has 1 aromatic heterocycles.